The predicted octanol–water partition coefficient (Wildman–Crippen LogP) is 0.0293. The van der Waals surface area contributed by atoms with E-state index in [1.807, 2.05) is 0 Å². The number of carbonyl (C=O) groups is 3. The van der Waals surface area contributed by atoms with Gasteiger partial charge < -0.3 is 14.2 Å². The molecule has 0 aliphatic carbocycles. The summed E-state index contributed by atoms with van der Waals surface area (Å²) >= 11 is 0. The highest BCUT2D eigenvalue weighted by atomic mass is 16.6. The van der Waals surface area contributed by atoms with Crippen LogP contribution in [0.3, 0.4) is 0 Å². The van der Waals surface area contributed by atoms with Crippen molar-refractivity contribution < 1.29 is 33.8 Å². The van der Waals surface area contributed by atoms with Crippen molar-refractivity contribution in [1.82, 2.24) is 9.55 Å². The van der Waals surface area contributed by atoms with Gasteiger partial charge in [0, 0.05) is 26.5 Å². The Kier molecular flexibility index (Phi) is 6.05. The number of Topliss-reactive ketones (excluding diaryl/α,β-unsaturated/α-hetero) is 1. The molecule has 2 N–H and O–H groups in total. The average Bonchev–Trinajstić information content (AvgIpc) is 2.94. The zero-order chi connectivity index (χ0) is 19.4. The van der Waals surface area contributed by atoms with E-state index in [0.717, 1.165) is 10.8 Å². The summed E-state index contributed by atoms with van der Waals surface area (Å²) in [6.07, 6.45) is -1.19. The second-order valence-electron chi connectivity index (χ2n) is 5.70. The van der Waals surface area contributed by atoms with Gasteiger partial charge in [-0.25, -0.2) is 4.79 Å². The van der Waals surface area contributed by atoms with Gasteiger partial charge in [0.1, 0.15) is 12.7 Å². The maximum atomic E-state index is 12.2. The van der Waals surface area contributed by atoms with Crippen LogP contribution in [0.2, 0.25) is 0 Å². The summed E-state index contributed by atoms with van der Waals surface area (Å²) in [7, 11) is 0. The van der Waals surface area contributed by atoms with Crippen LogP contribution in [-0.4, -0.2) is 51.3 Å². The molecule has 1 saturated heterocycles. The fraction of sp³-hybridized carbons (Fsp3) is 0.533. The highest BCUT2D eigenvalue weighted by Gasteiger charge is 2.40. The number of nitrogens with one attached hydrogen (secondary N) is 1. The van der Waals surface area contributed by atoms with Crippen molar-refractivity contribution in [3.05, 3.63) is 22.2 Å². The van der Waals surface area contributed by atoms with Gasteiger partial charge in [-0.3, -0.25) is 29.6 Å². The van der Waals surface area contributed by atoms with Gasteiger partial charge >= 0.3 is 17.6 Å². The van der Waals surface area contributed by atoms with Gasteiger partial charge in [0.25, 0.3) is 0 Å². The van der Waals surface area contributed by atoms with Crippen molar-refractivity contribution in [1.29, 1.82) is 0 Å². The molecule has 0 spiro atoms. The van der Waals surface area contributed by atoms with E-state index < -0.39 is 41.8 Å². The van der Waals surface area contributed by atoms with Crippen LogP contribution in [0.25, 0.3) is 0 Å². The SMILES string of the molecule is CC(=O)OC[C@@H]1C[C@@H](OC(C)=O)[C@H](n2cc(C(C)=O)c(NO)nc2=O)O1. The Morgan fingerprint density at radius 2 is 2.04 bits per heavy atom. The molecule has 2 rings (SSSR count). The van der Waals surface area contributed by atoms with Crippen LogP contribution in [0, 0.1) is 0 Å². The average molecular weight is 369 g/mol. The molecule has 3 atom stereocenters. The molecule has 0 amide bonds. The van der Waals surface area contributed by atoms with Gasteiger partial charge in [0.15, 0.2) is 17.8 Å². The lowest BCUT2D eigenvalue weighted by atomic mass is 10.2. The maximum Gasteiger partial charge on any atom is 0.351 e. The van der Waals surface area contributed by atoms with Crippen molar-refractivity contribution in [3.63, 3.8) is 0 Å². The molecule has 26 heavy (non-hydrogen) atoms. The number of hydrogen-bond donors (Lipinski definition) is 2. The predicted molar refractivity (Wildman–Crippen MR) is 84.6 cm³/mol. The Morgan fingerprint density at radius 1 is 1.35 bits per heavy atom. The maximum absolute atomic E-state index is 12.2. The standard InChI is InChI=1S/C15H19N3O8/c1-7(19)11-5-18(15(22)16-13(11)17-23)14-12(25-9(3)21)4-10(26-14)6-24-8(2)20/h5,10,12,14,23H,4,6H2,1-3H3,(H,16,17,22)/t10-,12+,14+/m0/s1. The lowest BCUT2D eigenvalue weighted by Gasteiger charge is -2.21. The molecule has 1 aliphatic rings. The number of rotatable bonds is 6. The molecular weight excluding hydrogens is 350 g/mol. The lowest BCUT2D eigenvalue weighted by Crippen LogP contribution is -2.34. The Balaban J connectivity index is 2.37. The molecule has 11 nitrogen and oxygen atoms in total. The zero-order valence-corrected chi connectivity index (χ0v) is 14.4. The van der Waals surface area contributed by atoms with Gasteiger partial charge in [-0.2, -0.15) is 4.98 Å². The van der Waals surface area contributed by atoms with E-state index in [9.17, 15) is 19.2 Å². The van der Waals surface area contributed by atoms with E-state index in [4.69, 9.17) is 19.4 Å². The quantitative estimate of drug-likeness (QED) is 0.400. The zero-order valence-electron chi connectivity index (χ0n) is 14.4. The third-order valence-corrected chi connectivity index (χ3v) is 3.65. The minimum absolute atomic E-state index is 0.0549. The molecule has 0 radical (unpaired) electrons. The van der Waals surface area contributed by atoms with Crippen LogP contribution >= 0.6 is 0 Å². The van der Waals surface area contributed by atoms with Crippen LogP contribution in [0.5, 0.6) is 0 Å². The van der Waals surface area contributed by atoms with Crippen LogP contribution < -0.4 is 11.2 Å². The van der Waals surface area contributed by atoms with Crippen molar-refractivity contribution in [3.8, 4) is 0 Å². The molecule has 0 bridgehead atoms. The molecule has 142 valence electrons. The topological polar surface area (TPSA) is 146 Å². The molecule has 11 heteroatoms. The summed E-state index contributed by atoms with van der Waals surface area (Å²) in [5.41, 5.74) is 0.805. The number of hydrogen-bond acceptors (Lipinski definition) is 10. The molecule has 0 aromatic carbocycles. The van der Waals surface area contributed by atoms with Gasteiger partial charge in [0.05, 0.1) is 11.7 Å². The van der Waals surface area contributed by atoms with E-state index in [2.05, 4.69) is 4.98 Å². The fourth-order valence-electron chi connectivity index (χ4n) is 2.59. The first kappa shape index (κ1) is 19.5. The summed E-state index contributed by atoms with van der Waals surface area (Å²) in [6.45, 7) is 3.60. The van der Waals surface area contributed by atoms with Crippen LogP contribution in [0.15, 0.2) is 11.0 Å². The van der Waals surface area contributed by atoms with Crippen molar-refractivity contribution in [2.45, 2.75) is 45.6 Å². The normalized spacial score (nSPS) is 21.9. The summed E-state index contributed by atoms with van der Waals surface area (Å²) in [6, 6.07) is 0. The highest BCUT2D eigenvalue weighted by Crippen LogP contribution is 2.31. The number of anilines is 1. The monoisotopic (exact) mass is 369 g/mol. The fourth-order valence-corrected chi connectivity index (χ4v) is 2.59. The van der Waals surface area contributed by atoms with Gasteiger partial charge in [-0.15, -0.1) is 0 Å². The lowest BCUT2D eigenvalue weighted by molar-refractivity contribution is -0.153. The molecule has 0 saturated carbocycles. The molecule has 1 aromatic rings. The van der Waals surface area contributed by atoms with E-state index in [1.54, 1.807) is 5.48 Å². The van der Waals surface area contributed by atoms with E-state index in [0.29, 0.717) is 0 Å². The summed E-state index contributed by atoms with van der Waals surface area (Å²) < 4.78 is 16.7. The first-order chi connectivity index (χ1) is 12.2. The number of ether oxygens (including phenoxy) is 3. The van der Waals surface area contributed by atoms with Crippen molar-refractivity contribution in [2.24, 2.45) is 0 Å². The third-order valence-electron chi connectivity index (χ3n) is 3.65. The number of carbonyl (C=O) groups excluding carboxylic acids is 3. The molecule has 1 fully saturated rings. The molecule has 2 heterocycles. The minimum Gasteiger partial charge on any atom is -0.463 e. The third kappa shape index (κ3) is 4.43. The second-order valence-corrected chi connectivity index (χ2v) is 5.70. The van der Waals surface area contributed by atoms with Gasteiger partial charge in [-0.1, -0.05) is 0 Å². The largest absolute Gasteiger partial charge is 0.463 e. The summed E-state index contributed by atoms with van der Waals surface area (Å²) in [5, 5.41) is 9.02. The number of nitrogens with zero attached hydrogens (tertiary/aromatic N) is 2. The first-order valence-electron chi connectivity index (χ1n) is 7.73. The van der Waals surface area contributed by atoms with Gasteiger partial charge in [-0.05, 0) is 6.92 Å². The molecule has 1 aromatic heterocycles. The molecule has 0 unspecified atom stereocenters. The Morgan fingerprint density at radius 3 is 2.58 bits per heavy atom. The number of esters is 2. The van der Waals surface area contributed by atoms with Crippen LogP contribution in [0.1, 0.15) is 43.8 Å². The highest BCUT2D eigenvalue weighted by molar-refractivity contribution is 5.98. The summed E-state index contributed by atoms with van der Waals surface area (Å²) in [4.78, 5) is 49.9. The van der Waals surface area contributed by atoms with E-state index in [-0.39, 0.29) is 24.4 Å². The molecule has 1 aliphatic heterocycles. The summed E-state index contributed by atoms with van der Waals surface area (Å²) in [5.74, 6) is -1.84. The van der Waals surface area contributed by atoms with E-state index >= 15 is 0 Å². The second kappa shape index (κ2) is 8.06. The molecular formula is C15H19N3O8. The van der Waals surface area contributed by atoms with Crippen LogP contribution in [0.4, 0.5) is 5.82 Å². The number of ketones is 1. The van der Waals surface area contributed by atoms with Crippen molar-refractivity contribution in [2.75, 3.05) is 12.1 Å². The Labute approximate surface area is 147 Å². The number of aromatic nitrogens is 2. The smallest absolute Gasteiger partial charge is 0.351 e. The Bertz CT molecular complexity index is 775. The minimum atomic E-state index is -1.06. The van der Waals surface area contributed by atoms with Gasteiger partial charge in [0.2, 0.25) is 0 Å². The first-order valence-corrected chi connectivity index (χ1v) is 7.73. The Hall–Kier alpha value is -2.79. The van der Waals surface area contributed by atoms with Crippen LogP contribution in [-0.2, 0) is 23.8 Å². The van der Waals surface area contributed by atoms with E-state index in [1.165, 1.54) is 20.8 Å². The van der Waals surface area contributed by atoms with Crippen molar-refractivity contribution >= 4 is 23.5 Å².